The number of hydrogen-bond donors (Lipinski definition) is 3. The first-order valence-corrected chi connectivity index (χ1v) is 9.55. The summed E-state index contributed by atoms with van der Waals surface area (Å²) in [6.45, 7) is 2.43. The fraction of sp³-hybridized carbons (Fsp3) is 0.227. The number of furan rings is 1. The number of likely N-dealkylation sites (N-methyl/N-ethyl adjacent to an activating group) is 1. The summed E-state index contributed by atoms with van der Waals surface area (Å²) in [7, 11) is 1.72. The second-order valence-corrected chi connectivity index (χ2v) is 7.22. The van der Waals surface area contributed by atoms with E-state index in [-0.39, 0.29) is 12.5 Å². The molecule has 3 N–H and O–H groups in total. The number of aromatic nitrogens is 1. The summed E-state index contributed by atoms with van der Waals surface area (Å²) >= 11 is 0. The number of para-hydroxylation sites is 1. The number of aliphatic hydroxyl groups is 1. The van der Waals surface area contributed by atoms with Crippen LogP contribution >= 0.6 is 0 Å². The Hall–Kier alpha value is -3.65. The van der Waals surface area contributed by atoms with Crippen molar-refractivity contribution >= 4 is 40.4 Å². The van der Waals surface area contributed by atoms with Crippen molar-refractivity contribution in [1.29, 1.82) is 0 Å². The number of aliphatic hydroxyl groups excluding tert-OH is 1. The summed E-state index contributed by atoms with van der Waals surface area (Å²) in [6.07, 6.45) is 3.52. The van der Waals surface area contributed by atoms with Crippen LogP contribution in [0, 0.1) is 6.92 Å². The molecular formula is C22H22N4O4. The minimum Gasteiger partial charge on any atom is -0.459 e. The van der Waals surface area contributed by atoms with Gasteiger partial charge in [-0.2, -0.15) is 0 Å². The molecule has 1 aliphatic rings. The number of rotatable bonds is 4. The van der Waals surface area contributed by atoms with E-state index in [4.69, 9.17) is 4.42 Å². The maximum atomic E-state index is 12.5. The molecule has 3 aromatic rings. The van der Waals surface area contributed by atoms with Crippen LogP contribution in [-0.2, 0) is 16.1 Å². The number of aryl methyl sites for hydroxylation is 1. The van der Waals surface area contributed by atoms with Gasteiger partial charge in [-0.15, -0.1) is 0 Å². The molecule has 8 nitrogen and oxygen atoms in total. The van der Waals surface area contributed by atoms with Gasteiger partial charge in [0.15, 0.2) is 5.82 Å². The SMILES string of the molecule is Cc1c(CN(C)C(=O)/C=C/c2cnc3c(c2)NC[C@H](O)C(=O)N3)oc2ccccc12. The fourth-order valence-corrected chi connectivity index (χ4v) is 3.27. The van der Waals surface area contributed by atoms with Crippen LogP contribution < -0.4 is 10.6 Å². The van der Waals surface area contributed by atoms with Crippen LogP contribution in [0.15, 0.2) is 47.0 Å². The van der Waals surface area contributed by atoms with Crippen LogP contribution in [0.3, 0.4) is 0 Å². The van der Waals surface area contributed by atoms with Gasteiger partial charge in [-0.05, 0) is 30.7 Å². The van der Waals surface area contributed by atoms with Gasteiger partial charge in [0.1, 0.15) is 17.4 Å². The minimum absolute atomic E-state index is 0.0895. The highest BCUT2D eigenvalue weighted by Gasteiger charge is 2.21. The molecule has 1 aromatic carbocycles. The van der Waals surface area contributed by atoms with Crippen molar-refractivity contribution < 1.29 is 19.1 Å². The first kappa shape index (κ1) is 19.7. The summed E-state index contributed by atoms with van der Waals surface area (Å²) in [6, 6.07) is 9.55. The molecule has 0 spiro atoms. The van der Waals surface area contributed by atoms with Gasteiger partial charge in [-0.3, -0.25) is 9.59 Å². The summed E-state index contributed by atoms with van der Waals surface area (Å²) in [5, 5.41) is 16.2. The lowest BCUT2D eigenvalue weighted by molar-refractivity contribution is -0.125. The average Bonchev–Trinajstić information content (AvgIpc) is 2.98. The number of nitrogens with zero attached hydrogens (tertiary/aromatic N) is 2. The summed E-state index contributed by atoms with van der Waals surface area (Å²) in [5.74, 6) is 0.416. The molecule has 3 heterocycles. The van der Waals surface area contributed by atoms with E-state index < -0.39 is 12.0 Å². The number of carbonyl (C=O) groups is 2. The van der Waals surface area contributed by atoms with Gasteiger partial charge in [0.05, 0.1) is 12.2 Å². The van der Waals surface area contributed by atoms with Gasteiger partial charge in [-0.1, -0.05) is 18.2 Å². The Morgan fingerprint density at radius 1 is 1.40 bits per heavy atom. The highest BCUT2D eigenvalue weighted by atomic mass is 16.3. The number of nitrogens with one attached hydrogen (secondary N) is 2. The number of β-amino-alcohol motifs (C(OH)–C–C–N with tert-alkyl or cyclic N) is 1. The van der Waals surface area contributed by atoms with Crippen molar-refractivity contribution in [1.82, 2.24) is 9.88 Å². The minimum atomic E-state index is -1.14. The lowest BCUT2D eigenvalue weighted by Gasteiger charge is -2.14. The molecule has 0 radical (unpaired) electrons. The highest BCUT2D eigenvalue weighted by molar-refractivity contribution is 5.98. The highest BCUT2D eigenvalue weighted by Crippen LogP contribution is 2.26. The first-order chi connectivity index (χ1) is 14.4. The Morgan fingerprint density at radius 3 is 3.00 bits per heavy atom. The molecule has 1 atom stereocenters. The second kappa shape index (κ2) is 8.00. The quantitative estimate of drug-likeness (QED) is 0.575. The van der Waals surface area contributed by atoms with Crippen molar-refractivity contribution in [2.24, 2.45) is 0 Å². The van der Waals surface area contributed by atoms with E-state index in [1.807, 2.05) is 31.2 Å². The van der Waals surface area contributed by atoms with Gasteiger partial charge >= 0.3 is 0 Å². The number of anilines is 2. The molecule has 2 amide bonds. The number of carbonyl (C=O) groups excluding carboxylic acids is 2. The maximum Gasteiger partial charge on any atom is 0.256 e. The third-order valence-electron chi connectivity index (χ3n) is 5.06. The molecule has 154 valence electrons. The number of hydrogen-bond acceptors (Lipinski definition) is 6. The molecule has 0 bridgehead atoms. The standard InChI is InChI=1S/C22H22N4O4/c1-13-15-5-3-4-6-18(15)30-19(13)12-26(2)20(28)8-7-14-9-16-21(24-10-14)25-22(29)17(27)11-23-16/h3-10,17,23,27H,11-12H2,1-2H3,(H,24,25,29)/b8-7+/t17-/m0/s1. The first-order valence-electron chi connectivity index (χ1n) is 9.55. The van der Waals surface area contributed by atoms with Gasteiger partial charge in [0, 0.05) is 36.8 Å². The van der Waals surface area contributed by atoms with Crippen molar-refractivity contribution in [2.75, 3.05) is 24.2 Å². The van der Waals surface area contributed by atoms with Crippen LogP contribution in [0.25, 0.3) is 17.0 Å². The van der Waals surface area contributed by atoms with Crippen molar-refractivity contribution in [3.63, 3.8) is 0 Å². The third kappa shape index (κ3) is 3.90. The monoisotopic (exact) mass is 406 g/mol. The van der Waals surface area contributed by atoms with Crippen LogP contribution in [0.4, 0.5) is 11.5 Å². The summed E-state index contributed by atoms with van der Waals surface area (Å²) in [4.78, 5) is 30.0. The van der Waals surface area contributed by atoms with Crippen LogP contribution in [0.5, 0.6) is 0 Å². The summed E-state index contributed by atoms with van der Waals surface area (Å²) in [5.41, 5.74) is 3.11. The van der Waals surface area contributed by atoms with E-state index in [0.29, 0.717) is 23.6 Å². The molecule has 30 heavy (non-hydrogen) atoms. The topological polar surface area (TPSA) is 108 Å². The molecule has 0 unspecified atom stereocenters. The summed E-state index contributed by atoms with van der Waals surface area (Å²) < 4.78 is 5.88. The van der Waals surface area contributed by atoms with Gasteiger partial charge in [0.25, 0.3) is 5.91 Å². The van der Waals surface area contributed by atoms with E-state index in [0.717, 1.165) is 22.3 Å². The Morgan fingerprint density at radius 2 is 2.20 bits per heavy atom. The fourth-order valence-electron chi connectivity index (χ4n) is 3.27. The predicted molar refractivity (Wildman–Crippen MR) is 114 cm³/mol. The Kier molecular flexibility index (Phi) is 5.24. The van der Waals surface area contributed by atoms with Gasteiger partial charge in [0.2, 0.25) is 5.91 Å². The maximum absolute atomic E-state index is 12.5. The number of pyridine rings is 1. The van der Waals surface area contributed by atoms with Gasteiger partial charge in [-0.25, -0.2) is 4.98 Å². The third-order valence-corrected chi connectivity index (χ3v) is 5.06. The average molecular weight is 406 g/mol. The van der Waals surface area contributed by atoms with Crippen molar-refractivity contribution in [3.8, 4) is 0 Å². The normalized spacial score (nSPS) is 16.1. The molecule has 0 saturated carbocycles. The number of amides is 2. The number of benzene rings is 1. The van der Waals surface area contributed by atoms with E-state index in [1.165, 1.54) is 6.08 Å². The van der Waals surface area contributed by atoms with Crippen molar-refractivity contribution in [2.45, 2.75) is 19.6 Å². The van der Waals surface area contributed by atoms with Crippen LogP contribution in [0.1, 0.15) is 16.9 Å². The number of fused-ring (bicyclic) bond motifs is 2. The Balaban J connectivity index is 1.45. The molecule has 0 saturated heterocycles. The molecule has 0 aliphatic carbocycles. The van der Waals surface area contributed by atoms with E-state index >= 15 is 0 Å². The molecule has 1 aliphatic heterocycles. The molecule has 2 aromatic heterocycles. The molecule has 0 fully saturated rings. The zero-order valence-corrected chi connectivity index (χ0v) is 16.7. The molecule has 8 heteroatoms. The predicted octanol–water partition coefficient (Wildman–Crippen LogP) is 2.53. The largest absolute Gasteiger partial charge is 0.459 e. The van der Waals surface area contributed by atoms with E-state index in [1.54, 1.807) is 30.3 Å². The Bertz CT molecular complexity index is 1150. The lowest BCUT2D eigenvalue weighted by atomic mass is 10.1. The zero-order valence-electron chi connectivity index (χ0n) is 16.7. The zero-order chi connectivity index (χ0) is 21.3. The Labute approximate surface area is 173 Å². The second-order valence-electron chi connectivity index (χ2n) is 7.22. The van der Waals surface area contributed by atoms with Crippen LogP contribution in [0.2, 0.25) is 0 Å². The molecular weight excluding hydrogens is 384 g/mol. The van der Waals surface area contributed by atoms with Gasteiger partial charge < -0.3 is 25.1 Å². The van der Waals surface area contributed by atoms with E-state index in [9.17, 15) is 14.7 Å². The smallest absolute Gasteiger partial charge is 0.256 e. The van der Waals surface area contributed by atoms with E-state index in [2.05, 4.69) is 15.6 Å². The van der Waals surface area contributed by atoms with Crippen molar-refractivity contribution in [3.05, 3.63) is 59.5 Å². The molecule has 4 rings (SSSR count). The van der Waals surface area contributed by atoms with Crippen LogP contribution in [-0.4, -0.2) is 46.5 Å². The lowest BCUT2D eigenvalue weighted by Crippen LogP contribution is -2.30.